The Balaban J connectivity index is 1.51. The zero-order valence-corrected chi connectivity index (χ0v) is 11.2. The molecule has 0 bridgehead atoms. The predicted octanol–water partition coefficient (Wildman–Crippen LogP) is 1.71. The van der Waals surface area contributed by atoms with E-state index >= 15 is 0 Å². The van der Waals surface area contributed by atoms with Gasteiger partial charge in [-0.25, -0.2) is 0 Å². The van der Waals surface area contributed by atoms with Gasteiger partial charge in [0.2, 0.25) is 0 Å². The summed E-state index contributed by atoms with van der Waals surface area (Å²) in [5, 5.41) is 12.5. The topological polar surface area (TPSA) is 52.6 Å². The fourth-order valence-corrected chi connectivity index (χ4v) is 3.16. The van der Waals surface area contributed by atoms with Crippen molar-refractivity contribution in [2.75, 3.05) is 26.2 Å². The van der Waals surface area contributed by atoms with Crippen molar-refractivity contribution in [1.82, 2.24) is 10.2 Å². The molecule has 0 unspecified atom stereocenters. The second-order valence-corrected chi connectivity index (χ2v) is 5.74. The van der Waals surface area contributed by atoms with Crippen molar-refractivity contribution in [3.05, 3.63) is 0 Å². The molecule has 0 aromatic heterocycles. The lowest BCUT2D eigenvalue weighted by Crippen LogP contribution is -2.36. The van der Waals surface area contributed by atoms with Gasteiger partial charge in [0, 0.05) is 6.04 Å². The molecule has 1 aliphatic heterocycles. The van der Waals surface area contributed by atoms with Gasteiger partial charge in [-0.1, -0.05) is 0 Å². The number of hydrogen-bond acceptors (Lipinski definition) is 3. The molecule has 0 radical (unpaired) electrons. The van der Waals surface area contributed by atoms with E-state index in [4.69, 9.17) is 5.11 Å². The molecule has 0 amide bonds. The molecular weight excluding hydrogens is 228 g/mol. The van der Waals surface area contributed by atoms with Crippen molar-refractivity contribution in [3.8, 4) is 0 Å². The number of nitrogens with one attached hydrogen (secondary N) is 1. The Bertz CT molecular complexity index is 257. The highest BCUT2D eigenvalue weighted by atomic mass is 16.4. The quantitative estimate of drug-likeness (QED) is 0.709. The Morgan fingerprint density at radius 1 is 1.17 bits per heavy atom. The fourth-order valence-electron chi connectivity index (χ4n) is 3.16. The molecule has 1 saturated carbocycles. The summed E-state index contributed by atoms with van der Waals surface area (Å²) in [5.74, 6) is -0.699. The van der Waals surface area contributed by atoms with Gasteiger partial charge in [0.05, 0.1) is 5.92 Å². The second kappa shape index (κ2) is 7.10. The molecule has 2 N–H and O–H groups in total. The highest BCUT2D eigenvalue weighted by Gasteiger charge is 2.25. The van der Waals surface area contributed by atoms with Gasteiger partial charge in [0.25, 0.3) is 0 Å². The average molecular weight is 254 g/mol. The summed E-state index contributed by atoms with van der Waals surface area (Å²) in [4.78, 5) is 13.4. The minimum atomic E-state index is -0.609. The van der Waals surface area contributed by atoms with Crippen molar-refractivity contribution < 1.29 is 9.90 Å². The number of carbonyl (C=O) groups is 1. The molecule has 1 saturated heterocycles. The van der Waals surface area contributed by atoms with Gasteiger partial charge < -0.3 is 15.3 Å². The average Bonchev–Trinajstić information content (AvgIpc) is 2.88. The highest BCUT2D eigenvalue weighted by molar-refractivity contribution is 5.70. The number of carboxylic acid groups (broad SMARTS) is 1. The summed E-state index contributed by atoms with van der Waals surface area (Å²) in [5.41, 5.74) is 0. The third kappa shape index (κ3) is 4.25. The molecule has 0 aromatic rings. The van der Waals surface area contributed by atoms with Crippen LogP contribution in [0.4, 0.5) is 0 Å². The standard InChI is InChI=1S/C14H26N2O2/c17-14(18)12-4-6-13(7-5-12)15-8-3-11-16-9-1-2-10-16/h12-13,15H,1-11H2,(H,17,18). The van der Waals surface area contributed by atoms with Crippen LogP contribution in [0.15, 0.2) is 0 Å². The summed E-state index contributed by atoms with van der Waals surface area (Å²) < 4.78 is 0. The lowest BCUT2D eigenvalue weighted by atomic mass is 9.86. The molecular formula is C14H26N2O2. The zero-order valence-electron chi connectivity index (χ0n) is 11.2. The fraction of sp³-hybridized carbons (Fsp3) is 0.929. The highest BCUT2D eigenvalue weighted by Crippen LogP contribution is 2.24. The van der Waals surface area contributed by atoms with E-state index in [-0.39, 0.29) is 5.92 Å². The summed E-state index contributed by atoms with van der Waals surface area (Å²) in [6.07, 6.45) is 7.71. The minimum Gasteiger partial charge on any atom is -0.481 e. The summed E-state index contributed by atoms with van der Waals surface area (Å²) in [6.45, 7) is 4.86. The Labute approximate surface area is 110 Å². The van der Waals surface area contributed by atoms with E-state index < -0.39 is 5.97 Å². The number of aliphatic carboxylic acids is 1. The summed E-state index contributed by atoms with van der Waals surface area (Å²) in [7, 11) is 0. The van der Waals surface area contributed by atoms with Crippen molar-refractivity contribution in [1.29, 1.82) is 0 Å². The molecule has 4 nitrogen and oxygen atoms in total. The van der Waals surface area contributed by atoms with Crippen LogP contribution >= 0.6 is 0 Å². The van der Waals surface area contributed by atoms with Crippen LogP contribution in [0.1, 0.15) is 44.9 Å². The van der Waals surface area contributed by atoms with Gasteiger partial charge in [-0.15, -0.1) is 0 Å². The monoisotopic (exact) mass is 254 g/mol. The van der Waals surface area contributed by atoms with E-state index in [1.165, 1.54) is 38.9 Å². The SMILES string of the molecule is O=C(O)C1CCC(NCCCN2CCCC2)CC1. The van der Waals surface area contributed by atoms with E-state index in [1.807, 2.05) is 0 Å². The van der Waals surface area contributed by atoms with Crippen LogP contribution in [0.2, 0.25) is 0 Å². The molecule has 104 valence electrons. The first-order valence-electron chi connectivity index (χ1n) is 7.44. The van der Waals surface area contributed by atoms with Crippen LogP contribution in [0.3, 0.4) is 0 Å². The van der Waals surface area contributed by atoms with Crippen molar-refractivity contribution in [2.45, 2.75) is 51.0 Å². The van der Waals surface area contributed by atoms with Gasteiger partial charge in [-0.2, -0.15) is 0 Å². The number of carboxylic acids is 1. The third-order valence-electron chi connectivity index (χ3n) is 4.36. The Kier molecular flexibility index (Phi) is 5.45. The minimum absolute atomic E-state index is 0.0901. The molecule has 0 spiro atoms. The molecule has 0 atom stereocenters. The Morgan fingerprint density at radius 2 is 1.83 bits per heavy atom. The first kappa shape index (κ1) is 13.8. The van der Waals surface area contributed by atoms with Gasteiger partial charge in [-0.3, -0.25) is 4.79 Å². The van der Waals surface area contributed by atoms with Gasteiger partial charge in [0.15, 0.2) is 0 Å². The Morgan fingerprint density at radius 3 is 2.44 bits per heavy atom. The smallest absolute Gasteiger partial charge is 0.306 e. The molecule has 4 heteroatoms. The van der Waals surface area contributed by atoms with Gasteiger partial charge in [-0.05, 0) is 71.1 Å². The number of hydrogen-bond donors (Lipinski definition) is 2. The van der Waals surface area contributed by atoms with E-state index in [1.54, 1.807) is 0 Å². The maximum atomic E-state index is 10.8. The molecule has 1 aliphatic carbocycles. The van der Waals surface area contributed by atoms with Gasteiger partial charge in [0.1, 0.15) is 0 Å². The molecule has 1 heterocycles. The summed E-state index contributed by atoms with van der Waals surface area (Å²) in [6, 6.07) is 0.555. The van der Waals surface area contributed by atoms with E-state index in [0.29, 0.717) is 6.04 Å². The molecule has 2 aliphatic rings. The van der Waals surface area contributed by atoms with Crippen LogP contribution in [0.5, 0.6) is 0 Å². The van der Waals surface area contributed by atoms with Crippen molar-refractivity contribution in [2.24, 2.45) is 5.92 Å². The van der Waals surface area contributed by atoms with Crippen molar-refractivity contribution >= 4 is 5.97 Å². The largest absolute Gasteiger partial charge is 0.481 e. The van der Waals surface area contributed by atoms with E-state index in [0.717, 1.165) is 32.2 Å². The van der Waals surface area contributed by atoms with Crippen LogP contribution in [0, 0.1) is 5.92 Å². The normalized spacial score (nSPS) is 29.6. The van der Waals surface area contributed by atoms with Gasteiger partial charge >= 0.3 is 5.97 Å². The number of rotatable bonds is 6. The molecule has 2 rings (SSSR count). The molecule has 2 fully saturated rings. The number of nitrogens with zero attached hydrogens (tertiary/aromatic N) is 1. The predicted molar refractivity (Wildman–Crippen MR) is 71.7 cm³/mol. The lowest BCUT2D eigenvalue weighted by Gasteiger charge is -2.27. The maximum Gasteiger partial charge on any atom is 0.306 e. The second-order valence-electron chi connectivity index (χ2n) is 5.74. The van der Waals surface area contributed by atoms with Crippen LogP contribution < -0.4 is 5.32 Å². The van der Waals surface area contributed by atoms with Crippen LogP contribution in [0.25, 0.3) is 0 Å². The Hall–Kier alpha value is -0.610. The number of likely N-dealkylation sites (tertiary alicyclic amines) is 1. The van der Waals surface area contributed by atoms with E-state index in [9.17, 15) is 4.79 Å². The third-order valence-corrected chi connectivity index (χ3v) is 4.36. The molecule has 18 heavy (non-hydrogen) atoms. The summed E-state index contributed by atoms with van der Waals surface area (Å²) >= 11 is 0. The van der Waals surface area contributed by atoms with Crippen LogP contribution in [-0.4, -0.2) is 48.2 Å². The lowest BCUT2D eigenvalue weighted by molar-refractivity contribution is -0.142. The van der Waals surface area contributed by atoms with Crippen molar-refractivity contribution in [3.63, 3.8) is 0 Å². The first-order valence-corrected chi connectivity index (χ1v) is 7.44. The zero-order chi connectivity index (χ0) is 12.8. The first-order chi connectivity index (χ1) is 8.75. The maximum absolute atomic E-state index is 10.8. The van der Waals surface area contributed by atoms with Crippen LogP contribution in [-0.2, 0) is 4.79 Å². The van der Waals surface area contributed by atoms with E-state index in [2.05, 4.69) is 10.2 Å². The molecule has 0 aromatic carbocycles.